The topological polar surface area (TPSA) is 91.3 Å². The Morgan fingerprint density at radius 1 is 1.14 bits per heavy atom. The van der Waals surface area contributed by atoms with E-state index in [4.69, 9.17) is 0 Å². The van der Waals surface area contributed by atoms with E-state index in [-0.39, 0.29) is 11.8 Å². The van der Waals surface area contributed by atoms with Crippen LogP contribution >= 0.6 is 11.3 Å². The number of aliphatic hydroxyl groups is 1. The van der Waals surface area contributed by atoms with Crippen LogP contribution in [0, 0.1) is 13.8 Å². The van der Waals surface area contributed by atoms with E-state index in [1.54, 1.807) is 30.6 Å². The number of nitrogens with one attached hydrogen (secondary N) is 2. The summed E-state index contributed by atoms with van der Waals surface area (Å²) in [5.41, 5.74) is 6.13. The van der Waals surface area contributed by atoms with E-state index >= 15 is 0 Å². The molecular weight excluding hydrogens is 386 g/mol. The molecule has 2 atom stereocenters. The number of aryl methyl sites for hydroxylation is 2. The summed E-state index contributed by atoms with van der Waals surface area (Å²) in [6.07, 6.45) is -0.139. The van der Waals surface area contributed by atoms with Crippen molar-refractivity contribution in [3.8, 4) is 0 Å². The van der Waals surface area contributed by atoms with E-state index in [2.05, 4.69) is 15.6 Å². The third kappa shape index (κ3) is 3.79. The van der Waals surface area contributed by atoms with E-state index in [1.165, 1.54) is 11.3 Å². The molecule has 0 radical (unpaired) electrons. The maximum Gasteiger partial charge on any atom is 0.267 e. The molecule has 0 fully saturated rings. The number of carbonyl (C=O) groups is 2. The number of aliphatic hydroxyl groups excluding tert-OH is 1. The van der Waals surface area contributed by atoms with Gasteiger partial charge >= 0.3 is 0 Å². The molecule has 1 aliphatic rings. The molecule has 29 heavy (non-hydrogen) atoms. The zero-order chi connectivity index (χ0) is 20.5. The van der Waals surface area contributed by atoms with E-state index in [1.807, 2.05) is 31.2 Å². The summed E-state index contributed by atoms with van der Waals surface area (Å²) in [6, 6.07) is 12.4. The van der Waals surface area contributed by atoms with Crippen molar-refractivity contribution in [1.29, 1.82) is 0 Å². The first kappa shape index (κ1) is 19.3. The van der Waals surface area contributed by atoms with Crippen LogP contribution in [0.15, 0.2) is 48.0 Å². The SMILES string of the molecule is Cc1ccc(C(=O)N[C@@H]2c3ccccc3C[C@@H]2O)cc1NC(=O)c1scnc1C. The summed E-state index contributed by atoms with van der Waals surface area (Å²) in [7, 11) is 0. The van der Waals surface area contributed by atoms with E-state index in [0.717, 1.165) is 16.7 Å². The predicted molar refractivity (Wildman–Crippen MR) is 112 cm³/mol. The number of hydrogen-bond donors (Lipinski definition) is 3. The molecule has 0 unspecified atom stereocenters. The van der Waals surface area contributed by atoms with Gasteiger partial charge in [-0.25, -0.2) is 4.98 Å². The molecule has 6 nitrogen and oxygen atoms in total. The number of anilines is 1. The Kier molecular flexibility index (Phi) is 5.17. The first-order valence-corrected chi connectivity index (χ1v) is 10.2. The molecule has 1 aromatic heterocycles. The second-order valence-corrected chi connectivity index (χ2v) is 8.03. The number of amides is 2. The van der Waals surface area contributed by atoms with Crippen molar-refractivity contribution in [2.24, 2.45) is 0 Å². The van der Waals surface area contributed by atoms with Crippen molar-refractivity contribution in [3.05, 3.63) is 80.8 Å². The zero-order valence-electron chi connectivity index (χ0n) is 16.1. The van der Waals surface area contributed by atoms with Gasteiger partial charge in [0.25, 0.3) is 11.8 Å². The van der Waals surface area contributed by atoms with Crippen LogP contribution in [0.25, 0.3) is 0 Å². The Morgan fingerprint density at radius 3 is 2.69 bits per heavy atom. The largest absolute Gasteiger partial charge is 0.390 e. The number of fused-ring (bicyclic) bond motifs is 1. The number of hydrogen-bond acceptors (Lipinski definition) is 5. The van der Waals surface area contributed by atoms with Gasteiger partial charge in [0.05, 0.1) is 23.4 Å². The summed E-state index contributed by atoms with van der Waals surface area (Å²) in [4.78, 5) is 30.0. The van der Waals surface area contributed by atoms with Gasteiger partial charge in [-0.05, 0) is 42.7 Å². The quantitative estimate of drug-likeness (QED) is 0.618. The van der Waals surface area contributed by atoms with Crippen LogP contribution in [0.5, 0.6) is 0 Å². The molecule has 4 rings (SSSR count). The van der Waals surface area contributed by atoms with Gasteiger partial charge in [0.2, 0.25) is 0 Å². The molecule has 0 saturated heterocycles. The van der Waals surface area contributed by atoms with Crippen LogP contribution in [0.4, 0.5) is 5.69 Å². The number of thiazole rings is 1. The van der Waals surface area contributed by atoms with Crippen molar-refractivity contribution in [2.45, 2.75) is 32.4 Å². The molecule has 3 N–H and O–H groups in total. The summed E-state index contributed by atoms with van der Waals surface area (Å²) in [5, 5.41) is 16.2. The fourth-order valence-electron chi connectivity index (χ4n) is 3.57. The molecule has 1 heterocycles. The molecule has 2 amide bonds. The van der Waals surface area contributed by atoms with E-state index < -0.39 is 12.1 Å². The van der Waals surface area contributed by atoms with Crippen LogP contribution < -0.4 is 10.6 Å². The summed E-state index contributed by atoms with van der Waals surface area (Å²) in [6.45, 7) is 3.65. The summed E-state index contributed by atoms with van der Waals surface area (Å²) >= 11 is 1.28. The molecule has 0 spiro atoms. The normalized spacial score (nSPS) is 17.6. The first-order valence-electron chi connectivity index (χ1n) is 9.33. The minimum Gasteiger partial charge on any atom is -0.390 e. The fourth-order valence-corrected chi connectivity index (χ4v) is 4.27. The van der Waals surface area contributed by atoms with Gasteiger partial charge in [-0.15, -0.1) is 11.3 Å². The second-order valence-electron chi connectivity index (χ2n) is 7.17. The lowest BCUT2D eigenvalue weighted by Gasteiger charge is -2.18. The summed E-state index contributed by atoms with van der Waals surface area (Å²) < 4.78 is 0. The number of rotatable bonds is 4. The van der Waals surface area contributed by atoms with Gasteiger partial charge < -0.3 is 15.7 Å². The first-order chi connectivity index (χ1) is 13.9. The van der Waals surface area contributed by atoms with Crippen molar-refractivity contribution < 1.29 is 14.7 Å². The van der Waals surface area contributed by atoms with Crippen molar-refractivity contribution in [1.82, 2.24) is 10.3 Å². The highest BCUT2D eigenvalue weighted by Crippen LogP contribution is 2.31. The Bertz CT molecular complexity index is 1090. The third-order valence-electron chi connectivity index (χ3n) is 5.19. The van der Waals surface area contributed by atoms with Gasteiger partial charge in [-0.1, -0.05) is 30.3 Å². The van der Waals surface area contributed by atoms with E-state index in [0.29, 0.717) is 28.2 Å². The molecule has 0 saturated carbocycles. The standard InChI is InChI=1S/C22H21N3O3S/c1-12-7-8-15(9-17(12)24-22(28)20-13(2)23-11-29-20)21(27)25-19-16-6-4-3-5-14(16)10-18(19)26/h3-9,11,18-19,26H,10H2,1-2H3,(H,24,28)(H,25,27)/t18-,19+/m0/s1. The molecule has 7 heteroatoms. The maximum atomic E-state index is 12.8. The van der Waals surface area contributed by atoms with Crippen molar-refractivity contribution in [2.75, 3.05) is 5.32 Å². The van der Waals surface area contributed by atoms with Gasteiger partial charge in [0.1, 0.15) is 4.88 Å². The molecule has 1 aliphatic carbocycles. The van der Waals surface area contributed by atoms with Crippen molar-refractivity contribution in [3.63, 3.8) is 0 Å². The minimum atomic E-state index is -0.657. The van der Waals surface area contributed by atoms with E-state index in [9.17, 15) is 14.7 Å². The third-order valence-corrected chi connectivity index (χ3v) is 6.12. The van der Waals surface area contributed by atoms with Gasteiger partial charge in [-0.2, -0.15) is 0 Å². The Morgan fingerprint density at radius 2 is 1.93 bits per heavy atom. The van der Waals surface area contributed by atoms with Gasteiger partial charge in [-0.3, -0.25) is 9.59 Å². The minimum absolute atomic E-state index is 0.245. The van der Waals surface area contributed by atoms with Crippen LogP contribution in [-0.2, 0) is 6.42 Å². The lowest BCUT2D eigenvalue weighted by atomic mass is 10.1. The highest BCUT2D eigenvalue weighted by Gasteiger charge is 2.32. The van der Waals surface area contributed by atoms with Crippen LogP contribution in [0.2, 0.25) is 0 Å². The molecule has 0 bridgehead atoms. The monoisotopic (exact) mass is 407 g/mol. The lowest BCUT2D eigenvalue weighted by molar-refractivity contribution is 0.0858. The molecule has 3 aromatic rings. The number of benzene rings is 2. The smallest absolute Gasteiger partial charge is 0.267 e. The number of aromatic nitrogens is 1. The average Bonchev–Trinajstić information content (AvgIpc) is 3.26. The second kappa shape index (κ2) is 7.77. The fraction of sp³-hybridized carbons (Fsp3) is 0.227. The zero-order valence-corrected chi connectivity index (χ0v) is 16.9. The van der Waals surface area contributed by atoms with Gasteiger partial charge in [0, 0.05) is 17.7 Å². The Labute approximate surface area is 172 Å². The van der Waals surface area contributed by atoms with Gasteiger partial charge in [0.15, 0.2) is 0 Å². The Hall–Kier alpha value is -3.03. The molecular formula is C22H21N3O3S. The van der Waals surface area contributed by atoms with Crippen LogP contribution in [-0.4, -0.2) is 28.0 Å². The average molecular weight is 407 g/mol. The highest BCUT2D eigenvalue weighted by molar-refractivity contribution is 7.12. The predicted octanol–water partition coefficient (Wildman–Crippen LogP) is 3.40. The highest BCUT2D eigenvalue weighted by atomic mass is 32.1. The molecule has 0 aliphatic heterocycles. The van der Waals surface area contributed by atoms with Crippen LogP contribution in [0.1, 0.15) is 48.5 Å². The molecule has 2 aromatic carbocycles. The number of nitrogens with zero attached hydrogens (tertiary/aromatic N) is 1. The maximum absolute atomic E-state index is 12.8. The Balaban J connectivity index is 1.53. The molecule has 148 valence electrons. The lowest BCUT2D eigenvalue weighted by Crippen LogP contribution is -2.33. The number of carbonyl (C=O) groups excluding carboxylic acids is 2. The van der Waals surface area contributed by atoms with Crippen molar-refractivity contribution >= 4 is 28.8 Å². The van der Waals surface area contributed by atoms with Crippen LogP contribution in [0.3, 0.4) is 0 Å². The summed E-state index contributed by atoms with van der Waals surface area (Å²) in [5.74, 6) is -0.541.